The summed E-state index contributed by atoms with van der Waals surface area (Å²) in [5, 5.41) is 4.33. The molecule has 2 aromatic rings. The van der Waals surface area contributed by atoms with E-state index in [-0.39, 0.29) is 18.6 Å². The summed E-state index contributed by atoms with van der Waals surface area (Å²) in [6, 6.07) is 10.4. The molecule has 0 spiro atoms. The van der Waals surface area contributed by atoms with Gasteiger partial charge in [0.2, 0.25) is 5.91 Å². The van der Waals surface area contributed by atoms with Gasteiger partial charge < -0.3 is 9.64 Å². The number of nitrogens with zero attached hydrogens (tertiary/aromatic N) is 3. The number of amides is 1. The van der Waals surface area contributed by atoms with E-state index in [4.69, 9.17) is 4.74 Å². The summed E-state index contributed by atoms with van der Waals surface area (Å²) < 4.78 is 7.53. The summed E-state index contributed by atoms with van der Waals surface area (Å²) in [6.45, 7) is 4.37. The highest BCUT2D eigenvalue weighted by Crippen LogP contribution is 2.19. The summed E-state index contributed by atoms with van der Waals surface area (Å²) in [6.07, 6.45) is 6.81. The second kappa shape index (κ2) is 8.11. The van der Waals surface area contributed by atoms with Gasteiger partial charge >= 0.3 is 0 Å². The Hall–Kier alpha value is -2.14. The second-order valence-corrected chi connectivity index (χ2v) is 6.41. The van der Waals surface area contributed by atoms with Crippen LogP contribution in [-0.2, 0) is 22.5 Å². The average Bonchev–Trinajstić information content (AvgIpc) is 3.22. The van der Waals surface area contributed by atoms with Gasteiger partial charge in [0.05, 0.1) is 25.4 Å². The number of carbonyl (C=O) groups is 1. The van der Waals surface area contributed by atoms with Crippen LogP contribution in [0.3, 0.4) is 0 Å². The number of benzene rings is 1. The number of hydrogen-bond donors (Lipinski definition) is 0. The smallest absolute Gasteiger partial charge is 0.248 e. The van der Waals surface area contributed by atoms with Gasteiger partial charge in [-0.05, 0) is 37.3 Å². The molecule has 0 saturated carbocycles. The predicted octanol–water partition coefficient (Wildman–Crippen LogP) is 2.44. The molecule has 1 saturated heterocycles. The van der Waals surface area contributed by atoms with Crippen LogP contribution in [0.1, 0.15) is 24.0 Å². The minimum Gasteiger partial charge on any atom is -0.371 e. The fourth-order valence-corrected chi connectivity index (χ4v) is 3.21. The molecule has 1 atom stereocenters. The third-order valence-electron chi connectivity index (χ3n) is 4.46. The fraction of sp³-hybridized carbons (Fsp3) is 0.474. The number of carbonyl (C=O) groups excluding carboxylic acids is 1. The van der Waals surface area contributed by atoms with E-state index in [1.807, 2.05) is 47.1 Å². The Bertz CT molecular complexity index is 654. The summed E-state index contributed by atoms with van der Waals surface area (Å²) in [4.78, 5) is 14.4. The maximum absolute atomic E-state index is 12.4. The number of rotatable bonds is 7. The third kappa shape index (κ3) is 4.45. The molecule has 128 valence electrons. The van der Waals surface area contributed by atoms with Crippen molar-refractivity contribution < 1.29 is 9.53 Å². The largest absolute Gasteiger partial charge is 0.371 e. The lowest BCUT2D eigenvalue weighted by Crippen LogP contribution is -2.40. The molecule has 1 aliphatic heterocycles. The van der Waals surface area contributed by atoms with E-state index < -0.39 is 0 Å². The van der Waals surface area contributed by atoms with E-state index in [1.165, 1.54) is 5.56 Å². The maximum atomic E-state index is 12.4. The van der Waals surface area contributed by atoms with Crippen molar-refractivity contribution in [2.75, 3.05) is 19.8 Å². The van der Waals surface area contributed by atoms with Crippen LogP contribution in [0, 0.1) is 6.92 Å². The first-order valence-corrected chi connectivity index (χ1v) is 8.62. The zero-order chi connectivity index (χ0) is 16.8. The van der Waals surface area contributed by atoms with Crippen molar-refractivity contribution in [2.45, 2.75) is 38.8 Å². The van der Waals surface area contributed by atoms with Crippen LogP contribution in [0.4, 0.5) is 0 Å². The van der Waals surface area contributed by atoms with Crippen LogP contribution in [0.5, 0.6) is 0 Å². The van der Waals surface area contributed by atoms with Gasteiger partial charge in [0, 0.05) is 12.7 Å². The molecule has 0 bridgehead atoms. The minimum absolute atomic E-state index is 0.0921. The predicted molar refractivity (Wildman–Crippen MR) is 92.7 cm³/mol. The van der Waals surface area contributed by atoms with Gasteiger partial charge in [-0.2, -0.15) is 5.10 Å². The first kappa shape index (κ1) is 16.7. The standard InChI is InChI=1S/C19H25N3O2/c1-16-12-20-21(13-16)14-18-8-5-10-22(18)19(23)15-24-11-9-17-6-3-2-4-7-17/h2-4,6-7,12-13,18H,5,8-11,14-15H2,1H3. The highest BCUT2D eigenvalue weighted by molar-refractivity contribution is 5.78. The molecule has 1 fully saturated rings. The van der Waals surface area contributed by atoms with Crippen LogP contribution < -0.4 is 0 Å². The van der Waals surface area contributed by atoms with Crippen molar-refractivity contribution in [3.8, 4) is 0 Å². The Morgan fingerprint density at radius 1 is 1.33 bits per heavy atom. The molecular weight excluding hydrogens is 302 g/mol. The molecule has 5 heteroatoms. The van der Waals surface area contributed by atoms with Crippen LogP contribution in [0.2, 0.25) is 0 Å². The highest BCUT2D eigenvalue weighted by Gasteiger charge is 2.28. The molecule has 0 N–H and O–H groups in total. The van der Waals surface area contributed by atoms with E-state index >= 15 is 0 Å². The van der Waals surface area contributed by atoms with Crippen LogP contribution in [0.15, 0.2) is 42.7 Å². The van der Waals surface area contributed by atoms with Crippen molar-refractivity contribution in [1.82, 2.24) is 14.7 Å². The van der Waals surface area contributed by atoms with Gasteiger partial charge in [-0.25, -0.2) is 0 Å². The summed E-state index contributed by atoms with van der Waals surface area (Å²) in [5.74, 6) is 0.0921. The molecule has 1 aliphatic rings. The van der Waals surface area contributed by atoms with Crippen molar-refractivity contribution in [1.29, 1.82) is 0 Å². The Kier molecular flexibility index (Phi) is 5.64. The van der Waals surface area contributed by atoms with E-state index in [0.717, 1.165) is 37.9 Å². The van der Waals surface area contributed by atoms with Gasteiger partial charge in [0.25, 0.3) is 0 Å². The van der Waals surface area contributed by atoms with Gasteiger partial charge in [-0.3, -0.25) is 9.48 Å². The third-order valence-corrected chi connectivity index (χ3v) is 4.46. The topological polar surface area (TPSA) is 47.4 Å². The molecule has 0 aliphatic carbocycles. The van der Waals surface area contributed by atoms with E-state index in [2.05, 4.69) is 17.2 Å². The van der Waals surface area contributed by atoms with Crippen molar-refractivity contribution in [3.63, 3.8) is 0 Å². The Labute approximate surface area is 143 Å². The van der Waals surface area contributed by atoms with Crippen LogP contribution >= 0.6 is 0 Å². The summed E-state index contributed by atoms with van der Waals surface area (Å²) in [7, 11) is 0. The van der Waals surface area contributed by atoms with Crippen molar-refractivity contribution in [2.24, 2.45) is 0 Å². The van der Waals surface area contributed by atoms with Gasteiger partial charge in [-0.15, -0.1) is 0 Å². The maximum Gasteiger partial charge on any atom is 0.248 e. The van der Waals surface area contributed by atoms with Gasteiger partial charge in [-0.1, -0.05) is 30.3 Å². The average molecular weight is 327 g/mol. The van der Waals surface area contributed by atoms with Gasteiger partial charge in [0.15, 0.2) is 0 Å². The fourth-order valence-electron chi connectivity index (χ4n) is 3.21. The van der Waals surface area contributed by atoms with Crippen molar-refractivity contribution in [3.05, 3.63) is 53.9 Å². The monoisotopic (exact) mass is 327 g/mol. The zero-order valence-corrected chi connectivity index (χ0v) is 14.2. The van der Waals surface area contributed by atoms with E-state index in [0.29, 0.717) is 6.61 Å². The first-order valence-electron chi connectivity index (χ1n) is 8.62. The quantitative estimate of drug-likeness (QED) is 0.734. The minimum atomic E-state index is 0.0921. The number of ether oxygens (including phenoxy) is 1. The lowest BCUT2D eigenvalue weighted by atomic mass is 10.2. The first-order chi connectivity index (χ1) is 11.7. The lowest BCUT2D eigenvalue weighted by molar-refractivity contribution is -0.137. The van der Waals surface area contributed by atoms with Crippen LogP contribution in [0.25, 0.3) is 0 Å². The SMILES string of the molecule is Cc1cnn(CC2CCCN2C(=O)COCCc2ccccc2)c1. The molecule has 1 aromatic carbocycles. The molecule has 0 radical (unpaired) electrons. The number of aromatic nitrogens is 2. The number of aryl methyl sites for hydroxylation is 1. The molecule has 5 nitrogen and oxygen atoms in total. The molecule has 1 amide bonds. The summed E-state index contributed by atoms with van der Waals surface area (Å²) in [5.41, 5.74) is 2.38. The van der Waals surface area contributed by atoms with Gasteiger partial charge in [0.1, 0.15) is 6.61 Å². The van der Waals surface area contributed by atoms with E-state index in [9.17, 15) is 4.79 Å². The van der Waals surface area contributed by atoms with Crippen LogP contribution in [-0.4, -0.2) is 46.4 Å². The molecular formula is C19H25N3O2. The lowest BCUT2D eigenvalue weighted by Gasteiger charge is -2.24. The Morgan fingerprint density at radius 3 is 2.92 bits per heavy atom. The highest BCUT2D eigenvalue weighted by atomic mass is 16.5. The summed E-state index contributed by atoms with van der Waals surface area (Å²) >= 11 is 0. The molecule has 3 rings (SSSR count). The molecule has 24 heavy (non-hydrogen) atoms. The second-order valence-electron chi connectivity index (χ2n) is 6.41. The molecule has 2 heterocycles. The Morgan fingerprint density at radius 2 is 2.17 bits per heavy atom. The molecule has 1 unspecified atom stereocenters. The Balaban J connectivity index is 1.43. The normalized spacial score (nSPS) is 17.4. The number of hydrogen-bond acceptors (Lipinski definition) is 3. The molecule has 1 aromatic heterocycles. The zero-order valence-electron chi connectivity index (χ0n) is 14.2. The number of likely N-dealkylation sites (tertiary alicyclic amines) is 1. The van der Waals surface area contributed by atoms with E-state index in [1.54, 1.807) is 0 Å². The van der Waals surface area contributed by atoms with Crippen molar-refractivity contribution >= 4 is 5.91 Å².